The van der Waals surface area contributed by atoms with Gasteiger partial charge in [0.2, 0.25) is 0 Å². The van der Waals surface area contributed by atoms with Crippen LogP contribution < -0.4 is 0 Å². The van der Waals surface area contributed by atoms with Gasteiger partial charge >= 0.3 is 0 Å². The monoisotopic (exact) mass is 248 g/mol. The van der Waals surface area contributed by atoms with Gasteiger partial charge in [0.1, 0.15) is 0 Å². The van der Waals surface area contributed by atoms with Crippen molar-refractivity contribution < 1.29 is 0 Å². The largest absolute Gasteiger partial charge is 0.303 e. The normalized spacial score (nSPS) is 32.1. The standard InChI is InChI=1S/C16H28N2/c1-2-6-15(7-3-1)14-17-12-8-16(9-13-17)18-10-4-5-11-18/h1-2,15-16H,3-14H2/t15-/m0/s1. The molecule has 102 valence electrons. The molecule has 0 N–H and O–H groups in total. The molecule has 0 unspecified atom stereocenters. The summed E-state index contributed by atoms with van der Waals surface area (Å²) in [5.74, 6) is 0.943. The Morgan fingerprint density at radius 3 is 2.33 bits per heavy atom. The molecule has 2 aliphatic heterocycles. The lowest BCUT2D eigenvalue weighted by Gasteiger charge is -2.38. The van der Waals surface area contributed by atoms with Gasteiger partial charge in [-0.2, -0.15) is 0 Å². The minimum Gasteiger partial charge on any atom is -0.303 e. The maximum absolute atomic E-state index is 2.75. The summed E-state index contributed by atoms with van der Waals surface area (Å²) in [6.45, 7) is 6.80. The molecule has 1 atom stereocenters. The number of hydrogen-bond donors (Lipinski definition) is 0. The summed E-state index contributed by atoms with van der Waals surface area (Å²) in [7, 11) is 0. The first kappa shape index (κ1) is 12.7. The molecule has 2 fully saturated rings. The Labute approximate surface area is 112 Å². The average Bonchev–Trinajstić information content (AvgIpc) is 2.95. The molecule has 0 aromatic heterocycles. The molecule has 18 heavy (non-hydrogen) atoms. The fraction of sp³-hybridized carbons (Fsp3) is 0.875. The number of nitrogens with zero attached hydrogens (tertiary/aromatic N) is 2. The van der Waals surface area contributed by atoms with Gasteiger partial charge in [-0.1, -0.05) is 12.2 Å². The van der Waals surface area contributed by atoms with Crippen molar-refractivity contribution in [3.8, 4) is 0 Å². The van der Waals surface area contributed by atoms with Gasteiger partial charge in [-0.3, -0.25) is 0 Å². The van der Waals surface area contributed by atoms with Crippen LogP contribution in [-0.4, -0.2) is 48.6 Å². The SMILES string of the molecule is C1=CC[C@H](CN2CCC(N3CCCC3)CC2)CC1. The van der Waals surface area contributed by atoms with E-state index in [0.29, 0.717) is 0 Å². The molecule has 0 radical (unpaired) electrons. The van der Waals surface area contributed by atoms with Crippen molar-refractivity contribution in [3.63, 3.8) is 0 Å². The van der Waals surface area contributed by atoms with Crippen LogP contribution in [0.2, 0.25) is 0 Å². The molecule has 3 rings (SSSR count). The van der Waals surface area contributed by atoms with Crippen molar-refractivity contribution >= 4 is 0 Å². The van der Waals surface area contributed by atoms with E-state index >= 15 is 0 Å². The molecule has 0 aromatic carbocycles. The fourth-order valence-corrected chi connectivity index (χ4v) is 3.96. The summed E-state index contributed by atoms with van der Waals surface area (Å²) >= 11 is 0. The lowest BCUT2D eigenvalue weighted by Crippen LogP contribution is -2.45. The number of piperidine rings is 1. The Kier molecular flexibility index (Phi) is 4.37. The molecule has 2 nitrogen and oxygen atoms in total. The van der Waals surface area contributed by atoms with Crippen LogP contribution in [0, 0.1) is 5.92 Å². The van der Waals surface area contributed by atoms with E-state index < -0.39 is 0 Å². The first-order valence-corrected chi connectivity index (χ1v) is 8.03. The molecule has 0 saturated carbocycles. The van der Waals surface area contributed by atoms with Gasteiger partial charge in [0.05, 0.1) is 0 Å². The predicted octanol–water partition coefficient (Wildman–Crippen LogP) is 2.90. The van der Waals surface area contributed by atoms with Crippen LogP contribution in [0.3, 0.4) is 0 Å². The van der Waals surface area contributed by atoms with E-state index in [-0.39, 0.29) is 0 Å². The van der Waals surface area contributed by atoms with Crippen molar-refractivity contribution in [2.45, 2.75) is 51.0 Å². The van der Waals surface area contributed by atoms with Gasteiger partial charge in [-0.05, 0) is 77.0 Å². The molecular formula is C16H28N2. The smallest absolute Gasteiger partial charge is 0.0120 e. The Morgan fingerprint density at radius 1 is 0.889 bits per heavy atom. The zero-order valence-electron chi connectivity index (χ0n) is 11.7. The second-order valence-corrected chi connectivity index (χ2v) is 6.43. The third-order valence-corrected chi connectivity index (χ3v) is 5.11. The highest BCUT2D eigenvalue weighted by atomic mass is 15.2. The summed E-state index contributed by atoms with van der Waals surface area (Å²) in [6, 6.07) is 0.912. The van der Waals surface area contributed by atoms with Crippen LogP contribution in [0.25, 0.3) is 0 Å². The third kappa shape index (κ3) is 3.16. The van der Waals surface area contributed by atoms with Crippen molar-refractivity contribution in [2.75, 3.05) is 32.7 Å². The molecule has 0 bridgehead atoms. The van der Waals surface area contributed by atoms with Crippen LogP contribution in [0.4, 0.5) is 0 Å². The Balaban J connectivity index is 1.40. The second kappa shape index (κ2) is 6.21. The van der Waals surface area contributed by atoms with E-state index in [9.17, 15) is 0 Å². The second-order valence-electron chi connectivity index (χ2n) is 6.43. The quantitative estimate of drug-likeness (QED) is 0.709. The first-order chi connectivity index (χ1) is 8.92. The molecule has 2 heteroatoms. The fourth-order valence-electron chi connectivity index (χ4n) is 3.96. The molecule has 2 saturated heterocycles. The number of hydrogen-bond acceptors (Lipinski definition) is 2. The number of likely N-dealkylation sites (tertiary alicyclic amines) is 2. The zero-order valence-corrected chi connectivity index (χ0v) is 11.7. The van der Waals surface area contributed by atoms with E-state index in [1.165, 1.54) is 77.7 Å². The molecule has 2 heterocycles. The molecule has 3 aliphatic rings. The summed E-state index contributed by atoms with van der Waals surface area (Å²) in [5, 5.41) is 0. The minimum absolute atomic E-state index is 0.912. The summed E-state index contributed by atoms with van der Waals surface area (Å²) in [4.78, 5) is 5.48. The lowest BCUT2D eigenvalue weighted by atomic mass is 9.93. The van der Waals surface area contributed by atoms with E-state index in [4.69, 9.17) is 0 Å². The van der Waals surface area contributed by atoms with Crippen LogP contribution >= 0.6 is 0 Å². The summed E-state index contributed by atoms with van der Waals surface area (Å²) in [6.07, 6.45) is 14.5. The molecule has 0 aromatic rings. The Morgan fingerprint density at radius 2 is 1.67 bits per heavy atom. The molecular weight excluding hydrogens is 220 g/mol. The highest BCUT2D eigenvalue weighted by Crippen LogP contribution is 2.24. The van der Waals surface area contributed by atoms with Crippen LogP contribution in [0.5, 0.6) is 0 Å². The number of rotatable bonds is 3. The lowest BCUT2D eigenvalue weighted by molar-refractivity contribution is 0.113. The van der Waals surface area contributed by atoms with Gasteiger partial charge in [0.25, 0.3) is 0 Å². The van der Waals surface area contributed by atoms with Crippen molar-refractivity contribution in [2.24, 2.45) is 5.92 Å². The Bertz CT molecular complexity index is 273. The van der Waals surface area contributed by atoms with Gasteiger partial charge < -0.3 is 9.80 Å². The van der Waals surface area contributed by atoms with E-state index in [2.05, 4.69) is 22.0 Å². The minimum atomic E-state index is 0.912. The van der Waals surface area contributed by atoms with Gasteiger partial charge in [0, 0.05) is 12.6 Å². The first-order valence-electron chi connectivity index (χ1n) is 8.03. The van der Waals surface area contributed by atoms with Crippen molar-refractivity contribution in [3.05, 3.63) is 12.2 Å². The zero-order chi connectivity index (χ0) is 12.2. The van der Waals surface area contributed by atoms with Crippen molar-refractivity contribution in [1.29, 1.82) is 0 Å². The van der Waals surface area contributed by atoms with Gasteiger partial charge in [0.15, 0.2) is 0 Å². The van der Waals surface area contributed by atoms with Crippen molar-refractivity contribution in [1.82, 2.24) is 9.80 Å². The maximum atomic E-state index is 2.75. The molecule has 1 aliphatic carbocycles. The van der Waals surface area contributed by atoms with E-state index in [0.717, 1.165) is 12.0 Å². The van der Waals surface area contributed by atoms with Crippen LogP contribution in [-0.2, 0) is 0 Å². The summed E-state index contributed by atoms with van der Waals surface area (Å²) < 4.78 is 0. The van der Waals surface area contributed by atoms with E-state index in [1.54, 1.807) is 0 Å². The maximum Gasteiger partial charge on any atom is 0.0120 e. The van der Waals surface area contributed by atoms with Gasteiger partial charge in [-0.15, -0.1) is 0 Å². The topological polar surface area (TPSA) is 6.48 Å². The third-order valence-electron chi connectivity index (χ3n) is 5.11. The summed E-state index contributed by atoms with van der Waals surface area (Å²) in [5.41, 5.74) is 0. The number of allylic oxidation sites excluding steroid dienone is 2. The average molecular weight is 248 g/mol. The van der Waals surface area contributed by atoms with Gasteiger partial charge in [-0.25, -0.2) is 0 Å². The highest BCUT2D eigenvalue weighted by Gasteiger charge is 2.27. The van der Waals surface area contributed by atoms with Crippen LogP contribution in [0.1, 0.15) is 44.9 Å². The predicted molar refractivity (Wildman–Crippen MR) is 76.8 cm³/mol. The van der Waals surface area contributed by atoms with E-state index in [1.807, 2.05) is 0 Å². The highest BCUT2D eigenvalue weighted by molar-refractivity contribution is 4.91. The molecule has 0 spiro atoms. The molecule has 0 amide bonds. The van der Waals surface area contributed by atoms with Crippen LogP contribution in [0.15, 0.2) is 12.2 Å². The Hall–Kier alpha value is -0.340.